The summed E-state index contributed by atoms with van der Waals surface area (Å²) in [5.41, 5.74) is 1.06. The fraction of sp³-hybridized carbons (Fsp3) is 0.136. The molecule has 4 rings (SSSR count). The Balaban J connectivity index is 1.85. The molecule has 1 N–H and O–H groups in total. The van der Waals surface area contributed by atoms with Crippen molar-refractivity contribution in [1.82, 2.24) is 4.98 Å². The molecule has 0 bridgehead atoms. The Morgan fingerprint density at radius 1 is 1.14 bits per heavy atom. The monoisotopic (exact) mass is 406 g/mol. The first kappa shape index (κ1) is 18.9. The van der Waals surface area contributed by atoms with Gasteiger partial charge in [0.25, 0.3) is 11.7 Å². The van der Waals surface area contributed by atoms with Gasteiger partial charge in [-0.1, -0.05) is 6.07 Å². The van der Waals surface area contributed by atoms with Crippen LogP contribution < -0.4 is 9.64 Å². The molecule has 1 atom stereocenters. The van der Waals surface area contributed by atoms with Crippen LogP contribution in [-0.4, -0.2) is 28.4 Å². The number of aliphatic hydroxyl groups excluding tert-OH is 1. The van der Waals surface area contributed by atoms with E-state index in [-0.39, 0.29) is 11.3 Å². The number of nitrogens with zero attached hydrogens (tertiary/aromatic N) is 2. The molecule has 0 radical (unpaired) electrons. The number of hydrogen-bond acceptors (Lipinski definition) is 6. The first-order valence-corrected chi connectivity index (χ1v) is 9.97. The van der Waals surface area contributed by atoms with Crippen molar-refractivity contribution in [1.29, 1.82) is 0 Å². The lowest BCUT2D eigenvalue weighted by Gasteiger charge is -2.24. The topological polar surface area (TPSA) is 79.7 Å². The highest BCUT2D eigenvalue weighted by Gasteiger charge is 2.47. The third-order valence-electron chi connectivity index (χ3n) is 4.64. The van der Waals surface area contributed by atoms with Crippen LogP contribution in [0.1, 0.15) is 23.4 Å². The van der Waals surface area contributed by atoms with Crippen molar-refractivity contribution in [3.63, 3.8) is 0 Å². The van der Waals surface area contributed by atoms with Crippen LogP contribution >= 0.6 is 11.3 Å². The smallest absolute Gasteiger partial charge is 0.300 e. The van der Waals surface area contributed by atoms with Gasteiger partial charge in [-0.25, -0.2) is 0 Å². The van der Waals surface area contributed by atoms with Gasteiger partial charge in [0.15, 0.2) is 0 Å². The lowest BCUT2D eigenvalue weighted by molar-refractivity contribution is -0.132. The Labute approximate surface area is 171 Å². The minimum absolute atomic E-state index is 0.0672. The highest BCUT2D eigenvalue weighted by atomic mass is 32.1. The lowest BCUT2D eigenvalue weighted by atomic mass is 10.0. The van der Waals surface area contributed by atoms with Crippen LogP contribution in [0.25, 0.3) is 5.76 Å². The maximum absolute atomic E-state index is 13.0. The number of ketones is 1. The van der Waals surface area contributed by atoms with Gasteiger partial charge in [0.2, 0.25) is 0 Å². The van der Waals surface area contributed by atoms with E-state index < -0.39 is 17.7 Å². The van der Waals surface area contributed by atoms with E-state index in [1.54, 1.807) is 36.4 Å². The molecule has 1 aromatic carbocycles. The first-order valence-electron chi connectivity index (χ1n) is 9.09. The second kappa shape index (κ2) is 7.89. The van der Waals surface area contributed by atoms with Gasteiger partial charge in [-0.05, 0) is 54.8 Å². The number of hydrogen-bond donors (Lipinski definition) is 1. The standard InChI is InChI=1S/C22H18N2O4S/c1-2-28-16-7-5-15(6-8-16)24-19(17-4-3-13-29-17)18(21(26)22(24)27)20(25)14-9-11-23-12-10-14/h3-13,19,25H,2H2,1H3/b20-18-. The van der Waals surface area contributed by atoms with Crippen molar-refractivity contribution in [2.45, 2.75) is 13.0 Å². The number of Topliss-reactive ketones (excluding diaryl/α,β-unsaturated/α-hetero) is 1. The summed E-state index contributed by atoms with van der Waals surface area (Å²) < 4.78 is 5.46. The van der Waals surface area contributed by atoms with E-state index in [1.807, 2.05) is 24.4 Å². The minimum Gasteiger partial charge on any atom is -0.507 e. The number of carbonyl (C=O) groups excluding carboxylic acids is 2. The number of carbonyl (C=O) groups is 2. The molecule has 1 unspecified atom stereocenters. The molecule has 1 amide bonds. The molecule has 1 fully saturated rings. The zero-order valence-corrected chi connectivity index (χ0v) is 16.4. The molecule has 3 aromatic rings. The number of benzene rings is 1. The number of aromatic nitrogens is 1. The van der Waals surface area contributed by atoms with Crippen LogP contribution in [-0.2, 0) is 9.59 Å². The van der Waals surface area contributed by atoms with Gasteiger partial charge in [0.1, 0.15) is 17.6 Å². The first-order chi connectivity index (χ1) is 14.1. The van der Waals surface area contributed by atoms with Gasteiger partial charge < -0.3 is 9.84 Å². The van der Waals surface area contributed by atoms with E-state index in [9.17, 15) is 14.7 Å². The van der Waals surface area contributed by atoms with Crippen molar-refractivity contribution >= 4 is 34.5 Å². The average molecular weight is 406 g/mol. The van der Waals surface area contributed by atoms with Crippen LogP contribution in [0.2, 0.25) is 0 Å². The largest absolute Gasteiger partial charge is 0.507 e. The number of ether oxygens (including phenoxy) is 1. The molecule has 0 aliphatic carbocycles. The summed E-state index contributed by atoms with van der Waals surface area (Å²) in [5, 5.41) is 12.8. The van der Waals surface area contributed by atoms with Gasteiger partial charge >= 0.3 is 0 Å². The molecule has 7 heteroatoms. The van der Waals surface area contributed by atoms with E-state index in [2.05, 4.69) is 4.98 Å². The van der Waals surface area contributed by atoms with Crippen molar-refractivity contribution in [2.75, 3.05) is 11.5 Å². The summed E-state index contributed by atoms with van der Waals surface area (Å²) >= 11 is 1.42. The number of anilines is 1. The average Bonchev–Trinajstić information content (AvgIpc) is 3.36. The number of pyridine rings is 1. The SMILES string of the molecule is CCOc1ccc(N2C(=O)C(=O)/C(=C(\O)c3ccncc3)C2c2cccs2)cc1. The van der Waals surface area contributed by atoms with Crippen LogP contribution in [0, 0.1) is 0 Å². The zero-order chi connectivity index (χ0) is 20.4. The maximum atomic E-state index is 13.0. The summed E-state index contributed by atoms with van der Waals surface area (Å²) in [6, 6.07) is 13.2. The Bertz CT molecular complexity index is 1060. The van der Waals surface area contributed by atoms with Crippen LogP contribution in [0.5, 0.6) is 5.75 Å². The summed E-state index contributed by atoms with van der Waals surface area (Å²) in [7, 11) is 0. The summed E-state index contributed by atoms with van der Waals surface area (Å²) in [6.45, 7) is 2.42. The molecular formula is C22H18N2O4S. The fourth-order valence-electron chi connectivity index (χ4n) is 3.35. The quantitative estimate of drug-likeness (QED) is 0.391. The molecule has 0 saturated carbocycles. The lowest BCUT2D eigenvalue weighted by Crippen LogP contribution is -2.29. The second-order valence-corrected chi connectivity index (χ2v) is 7.33. The molecule has 0 spiro atoms. The molecule has 1 aliphatic rings. The van der Waals surface area contributed by atoms with E-state index >= 15 is 0 Å². The van der Waals surface area contributed by atoms with Gasteiger partial charge in [-0.3, -0.25) is 19.5 Å². The molecule has 29 heavy (non-hydrogen) atoms. The third kappa shape index (κ3) is 3.40. The van der Waals surface area contributed by atoms with E-state index in [0.717, 1.165) is 4.88 Å². The van der Waals surface area contributed by atoms with Crippen LogP contribution in [0.4, 0.5) is 5.69 Å². The van der Waals surface area contributed by atoms with E-state index in [0.29, 0.717) is 23.6 Å². The Kier molecular flexibility index (Phi) is 5.14. The van der Waals surface area contributed by atoms with Crippen molar-refractivity contribution in [3.05, 3.63) is 82.3 Å². The number of thiophene rings is 1. The molecule has 2 aromatic heterocycles. The number of aliphatic hydroxyl groups is 1. The van der Waals surface area contributed by atoms with Crippen molar-refractivity contribution in [2.24, 2.45) is 0 Å². The number of amides is 1. The van der Waals surface area contributed by atoms with E-state index in [1.165, 1.54) is 28.6 Å². The van der Waals surface area contributed by atoms with Gasteiger partial charge in [0.05, 0.1) is 12.2 Å². The number of rotatable bonds is 5. The Hall–Kier alpha value is -3.45. The third-order valence-corrected chi connectivity index (χ3v) is 5.56. The Morgan fingerprint density at radius 3 is 2.48 bits per heavy atom. The van der Waals surface area contributed by atoms with Gasteiger partial charge in [0, 0.05) is 28.5 Å². The predicted octanol–water partition coefficient (Wildman–Crippen LogP) is 4.17. The summed E-state index contributed by atoms with van der Waals surface area (Å²) in [5.74, 6) is -0.926. The molecule has 3 heterocycles. The normalized spacial score (nSPS) is 18.2. The zero-order valence-electron chi connectivity index (χ0n) is 15.6. The summed E-state index contributed by atoms with van der Waals surface area (Å²) in [6.07, 6.45) is 3.05. The molecular weight excluding hydrogens is 388 g/mol. The van der Waals surface area contributed by atoms with Crippen LogP contribution in [0.15, 0.2) is 71.9 Å². The molecule has 146 valence electrons. The van der Waals surface area contributed by atoms with Gasteiger partial charge in [-0.15, -0.1) is 11.3 Å². The Morgan fingerprint density at radius 2 is 1.86 bits per heavy atom. The molecule has 1 aliphatic heterocycles. The van der Waals surface area contributed by atoms with Crippen molar-refractivity contribution < 1.29 is 19.4 Å². The van der Waals surface area contributed by atoms with E-state index in [4.69, 9.17) is 4.74 Å². The second-order valence-electron chi connectivity index (χ2n) is 6.35. The minimum atomic E-state index is -0.716. The maximum Gasteiger partial charge on any atom is 0.300 e. The van der Waals surface area contributed by atoms with Gasteiger partial charge in [-0.2, -0.15) is 0 Å². The predicted molar refractivity (Wildman–Crippen MR) is 111 cm³/mol. The molecule has 1 saturated heterocycles. The highest BCUT2D eigenvalue weighted by molar-refractivity contribution is 7.10. The molecule has 6 nitrogen and oxygen atoms in total. The summed E-state index contributed by atoms with van der Waals surface area (Å²) in [4.78, 5) is 32.0. The van der Waals surface area contributed by atoms with Crippen LogP contribution in [0.3, 0.4) is 0 Å². The highest BCUT2D eigenvalue weighted by Crippen LogP contribution is 2.43. The van der Waals surface area contributed by atoms with Crippen molar-refractivity contribution in [3.8, 4) is 5.75 Å². The fourth-order valence-corrected chi connectivity index (χ4v) is 4.17.